The number of aryl methyl sites for hydroxylation is 1. The normalized spacial score (nSPS) is 18.1. The van der Waals surface area contributed by atoms with Gasteiger partial charge in [0.05, 0.1) is 6.54 Å². The Morgan fingerprint density at radius 1 is 1.50 bits per heavy atom. The van der Waals surface area contributed by atoms with E-state index in [1.54, 1.807) is 0 Å². The summed E-state index contributed by atoms with van der Waals surface area (Å²) in [5.74, 6) is 1.02. The van der Waals surface area contributed by atoms with Crippen molar-refractivity contribution in [3.8, 4) is 0 Å². The minimum absolute atomic E-state index is 0.288. The van der Waals surface area contributed by atoms with Crippen LogP contribution in [0.4, 0.5) is 0 Å². The first-order chi connectivity index (χ1) is 8.67. The molecular formula is C12H19N3O3. The summed E-state index contributed by atoms with van der Waals surface area (Å²) in [7, 11) is 0. The van der Waals surface area contributed by atoms with Crippen LogP contribution in [-0.2, 0) is 17.8 Å². The van der Waals surface area contributed by atoms with E-state index in [9.17, 15) is 4.79 Å². The van der Waals surface area contributed by atoms with Gasteiger partial charge >= 0.3 is 5.97 Å². The highest BCUT2D eigenvalue weighted by Gasteiger charge is 2.22. The van der Waals surface area contributed by atoms with Crippen LogP contribution in [0.1, 0.15) is 37.9 Å². The van der Waals surface area contributed by atoms with Crippen molar-refractivity contribution >= 4 is 5.97 Å². The quantitative estimate of drug-likeness (QED) is 0.852. The fourth-order valence-electron chi connectivity index (χ4n) is 2.29. The average molecular weight is 253 g/mol. The van der Waals surface area contributed by atoms with Gasteiger partial charge in [0.1, 0.15) is 0 Å². The second kappa shape index (κ2) is 5.95. The van der Waals surface area contributed by atoms with Gasteiger partial charge in [0, 0.05) is 12.8 Å². The van der Waals surface area contributed by atoms with Crippen LogP contribution >= 0.6 is 0 Å². The molecule has 18 heavy (non-hydrogen) atoms. The highest BCUT2D eigenvalue weighted by molar-refractivity contribution is 5.67. The molecule has 1 saturated heterocycles. The predicted molar refractivity (Wildman–Crippen MR) is 63.9 cm³/mol. The summed E-state index contributed by atoms with van der Waals surface area (Å²) < 4.78 is 5.06. The number of hydrogen-bond donors (Lipinski definition) is 1. The van der Waals surface area contributed by atoms with E-state index < -0.39 is 5.97 Å². The zero-order valence-electron chi connectivity index (χ0n) is 10.6. The highest BCUT2D eigenvalue weighted by Crippen LogP contribution is 2.21. The van der Waals surface area contributed by atoms with Gasteiger partial charge in [-0.15, -0.1) is 0 Å². The van der Waals surface area contributed by atoms with E-state index >= 15 is 0 Å². The molecule has 0 radical (unpaired) electrons. The molecule has 0 atom stereocenters. The molecule has 1 N–H and O–H groups in total. The lowest BCUT2D eigenvalue weighted by Crippen LogP contribution is -2.34. The number of aromatic nitrogens is 2. The van der Waals surface area contributed by atoms with Crippen molar-refractivity contribution in [1.29, 1.82) is 0 Å². The predicted octanol–water partition coefficient (Wildman–Crippen LogP) is 1.32. The molecule has 0 bridgehead atoms. The van der Waals surface area contributed by atoms with Gasteiger partial charge < -0.3 is 9.63 Å². The fourth-order valence-corrected chi connectivity index (χ4v) is 2.29. The second-order valence-corrected chi connectivity index (χ2v) is 4.78. The number of carboxylic acids is 1. The minimum atomic E-state index is -0.695. The molecule has 1 aromatic heterocycles. The Kier molecular flexibility index (Phi) is 4.30. The first kappa shape index (κ1) is 13.0. The molecule has 1 aliphatic heterocycles. The van der Waals surface area contributed by atoms with Crippen molar-refractivity contribution in [2.45, 2.75) is 39.2 Å². The second-order valence-electron chi connectivity index (χ2n) is 4.78. The Balaban J connectivity index is 1.78. The summed E-state index contributed by atoms with van der Waals surface area (Å²) in [5.41, 5.74) is 0. The number of carbonyl (C=O) groups is 1. The van der Waals surface area contributed by atoms with Crippen LogP contribution < -0.4 is 0 Å². The molecule has 0 saturated carbocycles. The van der Waals surface area contributed by atoms with Crippen LogP contribution in [0, 0.1) is 5.92 Å². The third-order valence-electron chi connectivity index (χ3n) is 3.35. The minimum Gasteiger partial charge on any atom is -0.481 e. The zero-order valence-corrected chi connectivity index (χ0v) is 10.6. The van der Waals surface area contributed by atoms with Gasteiger partial charge in [-0.2, -0.15) is 4.98 Å². The van der Waals surface area contributed by atoms with E-state index in [0.29, 0.717) is 18.4 Å². The Hall–Kier alpha value is -1.43. The van der Waals surface area contributed by atoms with Gasteiger partial charge in [0.15, 0.2) is 5.82 Å². The van der Waals surface area contributed by atoms with E-state index in [2.05, 4.69) is 15.0 Å². The van der Waals surface area contributed by atoms with Gasteiger partial charge in [0.2, 0.25) is 5.89 Å². The van der Waals surface area contributed by atoms with Crippen LogP contribution in [-0.4, -0.2) is 39.2 Å². The molecule has 0 amide bonds. The maximum atomic E-state index is 10.6. The van der Waals surface area contributed by atoms with Gasteiger partial charge in [-0.25, -0.2) is 0 Å². The molecule has 6 heteroatoms. The lowest BCUT2D eigenvalue weighted by molar-refractivity contribution is -0.138. The Bertz CT molecular complexity index is 397. The molecule has 2 rings (SSSR count). The fraction of sp³-hybridized carbons (Fsp3) is 0.750. The molecule has 100 valence electrons. The lowest BCUT2D eigenvalue weighted by atomic mass is 9.94. The number of aliphatic carboxylic acids is 1. The first-order valence-corrected chi connectivity index (χ1v) is 6.43. The van der Waals surface area contributed by atoms with Crippen molar-refractivity contribution < 1.29 is 14.4 Å². The molecule has 0 aromatic carbocycles. The van der Waals surface area contributed by atoms with Gasteiger partial charge in [-0.1, -0.05) is 12.1 Å². The molecule has 1 aliphatic rings. The third kappa shape index (κ3) is 3.53. The van der Waals surface area contributed by atoms with E-state index in [1.807, 2.05) is 6.92 Å². The van der Waals surface area contributed by atoms with Gasteiger partial charge in [0.25, 0.3) is 0 Å². The van der Waals surface area contributed by atoms with Crippen molar-refractivity contribution in [1.82, 2.24) is 15.0 Å². The van der Waals surface area contributed by atoms with Crippen LogP contribution in [0.5, 0.6) is 0 Å². The first-order valence-electron chi connectivity index (χ1n) is 6.43. The van der Waals surface area contributed by atoms with Crippen molar-refractivity contribution in [3.63, 3.8) is 0 Å². The van der Waals surface area contributed by atoms with Crippen LogP contribution in [0.15, 0.2) is 4.52 Å². The number of piperidine rings is 1. The van der Waals surface area contributed by atoms with Crippen LogP contribution in [0.3, 0.4) is 0 Å². The highest BCUT2D eigenvalue weighted by atomic mass is 16.5. The monoisotopic (exact) mass is 253 g/mol. The Labute approximate surface area is 106 Å². The van der Waals surface area contributed by atoms with Crippen molar-refractivity contribution in [2.24, 2.45) is 5.92 Å². The lowest BCUT2D eigenvalue weighted by Gasteiger charge is -2.30. The summed E-state index contributed by atoms with van der Waals surface area (Å²) in [6, 6.07) is 0. The molecule has 0 spiro atoms. The van der Waals surface area contributed by atoms with E-state index in [4.69, 9.17) is 9.63 Å². The summed E-state index contributed by atoms with van der Waals surface area (Å²) in [6.45, 7) is 4.50. The molecule has 0 unspecified atom stereocenters. The zero-order chi connectivity index (χ0) is 13.0. The maximum Gasteiger partial charge on any atom is 0.303 e. The standard InChI is InChI=1S/C12H19N3O3/c1-2-11-13-10(14-18-11)8-15-5-3-9(4-6-15)7-12(16)17/h9H,2-8H2,1H3,(H,16,17). The third-order valence-corrected chi connectivity index (χ3v) is 3.35. The molecule has 1 aromatic rings. The summed E-state index contributed by atoms with van der Waals surface area (Å²) in [6.07, 6.45) is 2.92. The molecular weight excluding hydrogens is 234 g/mol. The summed E-state index contributed by atoms with van der Waals surface area (Å²) in [5, 5.41) is 12.7. The van der Waals surface area contributed by atoms with Crippen molar-refractivity contribution in [3.05, 3.63) is 11.7 Å². The van der Waals surface area contributed by atoms with E-state index in [-0.39, 0.29) is 6.42 Å². The average Bonchev–Trinajstić information content (AvgIpc) is 2.79. The Morgan fingerprint density at radius 3 is 2.78 bits per heavy atom. The van der Waals surface area contributed by atoms with E-state index in [0.717, 1.165) is 38.2 Å². The maximum absolute atomic E-state index is 10.6. The van der Waals surface area contributed by atoms with Crippen LogP contribution in [0.2, 0.25) is 0 Å². The number of carboxylic acid groups (broad SMARTS) is 1. The number of rotatable bonds is 5. The summed E-state index contributed by atoms with van der Waals surface area (Å²) >= 11 is 0. The largest absolute Gasteiger partial charge is 0.481 e. The number of nitrogens with zero attached hydrogens (tertiary/aromatic N) is 3. The van der Waals surface area contributed by atoms with Gasteiger partial charge in [-0.05, 0) is 31.8 Å². The number of likely N-dealkylation sites (tertiary alicyclic amines) is 1. The van der Waals surface area contributed by atoms with E-state index in [1.165, 1.54) is 0 Å². The topological polar surface area (TPSA) is 79.5 Å². The van der Waals surface area contributed by atoms with Crippen LogP contribution in [0.25, 0.3) is 0 Å². The molecule has 0 aliphatic carbocycles. The van der Waals surface area contributed by atoms with Crippen molar-refractivity contribution in [2.75, 3.05) is 13.1 Å². The molecule has 1 fully saturated rings. The molecule has 2 heterocycles. The summed E-state index contributed by atoms with van der Waals surface area (Å²) in [4.78, 5) is 17.2. The van der Waals surface area contributed by atoms with Gasteiger partial charge in [-0.3, -0.25) is 9.69 Å². The smallest absolute Gasteiger partial charge is 0.303 e. The Morgan fingerprint density at radius 2 is 2.22 bits per heavy atom. The number of hydrogen-bond acceptors (Lipinski definition) is 5. The molecule has 6 nitrogen and oxygen atoms in total. The SMILES string of the molecule is CCc1nc(CN2CCC(CC(=O)O)CC2)no1.